The minimum atomic E-state index is 0.341. The van der Waals surface area contributed by atoms with E-state index >= 15 is 0 Å². The number of anilines is 1. The van der Waals surface area contributed by atoms with E-state index in [4.69, 9.17) is 11.6 Å². The second-order valence-electron chi connectivity index (χ2n) is 5.91. The van der Waals surface area contributed by atoms with Crippen LogP contribution in [0.25, 0.3) is 10.2 Å². The third-order valence-corrected chi connectivity index (χ3v) is 5.55. The van der Waals surface area contributed by atoms with Crippen LogP contribution in [0.5, 0.6) is 0 Å². The Kier molecular flexibility index (Phi) is 2.55. The highest BCUT2D eigenvalue weighted by Crippen LogP contribution is 2.61. The molecule has 0 saturated heterocycles. The van der Waals surface area contributed by atoms with Crippen LogP contribution in [0.15, 0.2) is 6.07 Å². The summed E-state index contributed by atoms with van der Waals surface area (Å²) in [4.78, 5) is 10.9. The summed E-state index contributed by atoms with van der Waals surface area (Å²) in [6.45, 7) is 3.13. The Bertz CT molecular complexity index is 643. The quantitative estimate of drug-likeness (QED) is 0.856. The summed E-state index contributed by atoms with van der Waals surface area (Å²) < 4.78 is 0. The van der Waals surface area contributed by atoms with Gasteiger partial charge in [0.05, 0.1) is 5.39 Å². The fraction of sp³-hybridized carbons (Fsp3) is 0.571. The lowest BCUT2D eigenvalue weighted by molar-refractivity contribution is 0.466. The lowest BCUT2D eigenvalue weighted by Gasteiger charge is -2.15. The molecule has 2 heterocycles. The van der Waals surface area contributed by atoms with Crippen LogP contribution in [0, 0.1) is 18.3 Å². The number of halogens is 1. The lowest BCUT2D eigenvalue weighted by Crippen LogP contribution is -2.18. The van der Waals surface area contributed by atoms with Gasteiger partial charge in [-0.25, -0.2) is 9.97 Å². The zero-order valence-corrected chi connectivity index (χ0v) is 12.4. The predicted molar refractivity (Wildman–Crippen MR) is 80.0 cm³/mol. The molecule has 2 aliphatic carbocycles. The van der Waals surface area contributed by atoms with Gasteiger partial charge >= 0.3 is 0 Å². The van der Waals surface area contributed by atoms with E-state index in [1.807, 2.05) is 0 Å². The molecule has 0 aliphatic heterocycles. The number of aryl methyl sites for hydroxylation is 1. The maximum atomic E-state index is 6.02. The fourth-order valence-electron chi connectivity index (χ4n) is 3.00. The Morgan fingerprint density at radius 1 is 1.42 bits per heavy atom. The van der Waals surface area contributed by atoms with Crippen molar-refractivity contribution in [3.8, 4) is 0 Å². The number of thiophene rings is 1. The first-order valence-electron chi connectivity index (χ1n) is 6.84. The third kappa shape index (κ3) is 2.11. The Hall–Kier alpha value is -0.870. The van der Waals surface area contributed by atoms with Crippen molar-refractivity contribution in [2.24, 2.45) is 11.3 Å². The molecular formula is C14H16ClN3S. The van der Waals surface area contributed by atoms with Gasteiger partial charge in [-0.1, -0.05) is 0 Å². The van der Waals surface area contributed by atoms with E-state index < -0.39 is 0 Å². The van der Waals surface area contributed by atoms with Gasteiger partial charge in [0.25, 0.3) is 0 Å². The molecule has 5 heteroatoms. The highest BCUT2D eigenvalue weighted by molar-refractivity contribution is 7.18. The van der Waals surface area contributed by atoms with Crippen LogP contribution in [0.2, 0.25) is 5.28 Å². The van der Waals surface area contributed by atoms with E-state index in [2.05, 4.69) is 28.3 Å². The summed E-state index contributed by atoms with van der Waals surface area (Å²) in [7, 11) is 0. The largest absolute Gasteiger partial charge is 0.369 e. The van der Waals surface area contributed by atoms with Crippen LogP contribution >= 0.6 is 22.9 Å². The summed E-state index contributed by atoms with van der Waals surface area (Å²) >= 11 is 7.69. The Morgan fingerprint density at radius 2 is 2.21 bits per heavy atom. The van der Waals surface area contributed by atoms with Gasteiger partial charge in [0.2, 0.25) is 5.28 Å². The summed E-state index contributed by atoms with van der Waals surface area (Å²) in [6.07, 6.45) is 5.57. The van der Waals surface area contributed by atoms with Crippen LogP contribution in [0.4, 0.5) is 5.82 Å². The lowest BCUT2D eigenvalue weighted by atomic mass is 10.0. The maximum absolute atomic E-state index is 6.02. The molecule has 0 amide bonds. The molecule has 2 aromatic rings. The van der Waals surface area contributed by atoms with Gasteiger partial charge in [-0.3, -0.25) is 0 Å². The third-order valence-electron chi connectivity index (χ3n) is 4.43. The van der Waals surface area contributed by atoms with Crippen molar-refractivity contribution in [1.29, 1.82) is 0 Å². The molecule has 0 bridgehead atoms. The molecular weight excluding hydrogens is 278 g/mol. The summed E-state index contributed by atoms with van der Waals surface area (Å²) in [6, 6.07) is 2.15. The molecule has 2 fully saturated rings. The van der Waals surface area contributed by atoms with Crippen molar-refractivity contribution in [1.82, 2.24) is 9.97 Å². The number of hydrogen-bond acceptors (Lipinski definition) is 4. The SMILES string of the molecule is Cc1cc2c(NCC3(C4CC4)CC3)nc(Cl)nc2s1. The predicted octanol–water partition coefficient (Wildman–Crippen LogP) is 4.26. The van der Waals surface area contributed by atoms with Crippen LogP contribution in [-0.2, 0) is 0 Å². The van der Waals surface area contributed by atoms with Crippen molar-refractivity contribution in [3.63, 3.8) is 0 Å². The van der Waals surface area contributed by atoms with E-state index in [0.29, 0.717) is 10.7 Å². The molecule has 100 valence electrons. The fourth-order valence-corrected chi connectivity index (χ4v) is 4.09. The molecule has 0 aromatic carbocycles. The zero-order valence-electron chi connectivity index (χ0n) is 10.9. The van der Waals surface area contributed by atoms with Crippen molar-refractivity contribution in [2.75, 3.05) is 11.9 Å². The summed E-state index contributed by atoms with van der Waals surface area (Å²) in [5, 5.41) is 4.99. The maximum Gasteiger partial charge on any atom is 0.225 e. The van der Waals surface area contributed by atoms with Gasteiger partial charge < -0.3 is 5.32 Å². The minimum Gasteiger partial charge on any atom is -0.369 e. The van der Waals surface area contributed by atoms with Gasteiger partial charge in [0.15, 0.2) is 0 Å². The second-order valence-corrected chi connectivity index (χ2v) is 7.48. The van der Waals surface area contributed by atoms with Crippen LogP contribution in [0.3, 0.4) is 0 Å². The normalized spacial score (nSPS) is 20.7. The highest BCUT2D eigenvalue weighted by Gasteiger charge is 2.53. The van der Waals surface area contributed by atoms with E-state index in [-0.39, 0.29) is 0 Å². The smallest absolute Gasteiger partial charge is 0.225 e. The number of nitrogens with zero attached hydrogens (tertiary/aromatic N) is 2. The number of aromatic nitrogens is 2. The Balaban J connectivity index is 1.63. The van der Waals surface area contributed by atoms with Crippen molar-refractivity contribution in [3.05, 3.63) is 16.2 Å². The first kappa shape index (κ1) is 11.9. The number of hydrogen-bond donors (Lipinski definition) is 1. The summed E-state index contributed by atoms with van der Waals surface area (Å²) in [5.74, 6) is 1.86. The second kappa shape index (κ2) is 4.06. The van der Waals surface area contributed by atoms with Crippen molar-refractivity contribution >= 4 is 39.0 Å². The van der Waals surface area contributed by atoms with Gasteiger partial charge in [0, 0.05) is 11.4 Å². The average Bonchev–Trinajstić information content (AvgIpc) is 3.22. The topological polar surface area (TPSA) is 37.8 Å². The average molecular weight is 294 g/mol. The molecule has 0 atom stereocenters. The van der Waals surface area contributed by atoms with Gasteiger partial charge in [-0.2, -0.15) is 0 Å². The standard InChI is InChI=1S/C14H16ClN3S/c1-8-6-10-11(17-13(15)18-12(10)19-8)16-7-14(4-5-14)9-2-3-9/h6,9H,2-5,7H2,1H3,(H,16,17,18). The van der Waals surface area contributed by atoms with Crippen LogP contribution < -0.4 is 5.32 Å². The van der Waals surface area contributed by atoms with Crippen LogP contribution in [0.1, 0.15) is 30.6 Å². The molecule has 4 rings (SSSR count). The van der Waals surface area contributed by atoms with Gasteiger partial charge in [-0.05, 0) is 61.6 Å². The van der Waals surface area contributed by atoms with E-state index in [9.17, 15) is 0 Å². The van der Waals surface area contributed by atoms with E-state index in [0.717, 1.165) is 28.5 Å². The van der Waals surface area contributed by atoms with Crippen LogP contribution in [-0.4, -0.2) is 16.5 Å². The zero-order chi connectivity index (χ0) is 13.0. The Labute approximate surface area is 121 Å². The van der Waals surface area contributed by atoms with Gasteiger partial charge in [-0.15, -0.1) is 11.3 Å². The molecule has 19 heavy (non-hydrogen) atoms. The number of rotatable bonds is 4. The molecule has 2 aromatic heterocycles. The molecule has 1 N–H and O–H groups in total. The van der Waals surface area contributed by atoms with E-state index in [1.165, 1.54) is 30.6 Å². The Morgan fingerprint density at radius 3 is 2.89 bits per heavy atom. The molecule has 2 saturated carbocycles. The molecule has 0 radical (unpaired) electrons. The molecule has 2 aliphatic rings. The number of fused-ring (bicyclic) bond motifs is 1. The molecule has 0 unspecified atom stereocenters. The summed E-state index contributed by atoms with van der Waals surface area (Å²) in [5.41, 5.74) is 0.564. The minimum absolute atomic E-state index is 0.341. The number of nitrogens with one attached hydrogen (secondary N) is 1. The van der Waals surface area contributed by atoms with E-state index in [1.54, 1.807) is 11.3 Å². The first-order valence-corrected chi connectivity index (χ1v) is 8.03. The monoisotopic (exact) mass is 293 g/mol. The molecule has 3 nitrogen and oxygen atoms in total. The first-order chi connectivity index (χ1) is 9.16. The van der Waals surface area contributed by atoms with Crippen molar-refractivity contribution in [2.45, 2.75) is 32.6 Å². The van der Waals surface area contributed by atoms with Gasteiger partial charge in [0.1, 0.15) is 10.6 Å². The molecule has 0 spiro atoms. The van der Waals surface area contributed by atoms with Crippen molar-refractivity contribution < 1.29 is 0 Å². The highest BCUT2D eigenvalue weighted by atomic mass is 35.5.